The van der Waals surface area contributed by atoms with E-state index in [0.29, 0.717) is 5.41 Å². The molecule has 1 aromatic heterocycles. The maximum Gasteiger partial charge on any atom is 0.148 e. The Hall–Kier alpha value is -1.03. The second-order valence-corrected chi connectivity index (χ2v) is 4.45. The molecule has 0 aliphatic carbocycles. The lowest BCUT2D eigenvalue weighted by molar-refractivity contribution is -0.0924. The van der Waals surface area contributed by atoms with Crippen molar-refractivity contribution < 1.29 is 4.74 Å². The van der Waals surface area contributed by atoms with Crippen molar-refractivity contribution in [3.63, 3.8) is 0 Å². The minimum absolute atomic E-state index is 0.297. The Morgan fingerprint density at radius 3 is 2.79 bits per heavy atom. The zero-order valence-electron chi connectivity index (χ0n) is 9.00. The first kappa shape index (κ1) is 9.52. The lowest BCUT2D eigenvalue weighted by atomic mass is 9.89. The Bertz CT molecular complexity index is 309. The van der Waals surface area contributed by atoms with Gasteiger partial charge in [0, 0.05) is 30.8 Å². The number of nitrogens with one attached hydrogen (secondary N) is 1. The van der Waals surface area contributed by atoms with E-state index in [1.807, 2.05) is 18.7 Å². The molecular weight excluding hydrogens is 178 g/mol. The van der Waals surface area contributed by atoms with E-state index < -0.39 is 0 Å². The molecule has 1 aromatic rings. The molecule has 0 spiro atoms. The summed E-state index contributed by atoms with van der Waals surface area (Å²) in [5, 5.41) is 7.67. The number of anilines is 1. The molecule has 78 valence electrons. The predicted octanol–water partition coefficient (Wildman–Crippen LogP) is 1.18. The summed E-state index contributed by atoms with van der Waals surface area (Å²) in [6.07, 6.45) is 0. The van der Waals surface area contributed by atoms with Crippen LogP contribution in [-0.2, 0) is 11.8 Å². The van der Waals surface area contributed by atoms with Crippen molar-refractivity contribution in [3.05, 3.63) is 11.8 Å². The molecule has 1 N–H and O–H groups in total. The third-order valence-electron chi connectivity index (χ3n) is 2.71. The lowest BCUT2D eigenvalue weighted by Crippen LogP contribution is -2.45. The molecule has 4 heteroatoms. The van der Waals surface area contributed by atoms with Crippen molar-refractivity contribution >= 4 is 5.82 Å². The van der Waals surface area contributed by atoms with Crippen LogP contribution in [0.5, 0.6) is 0 Å². The summed E-state index contributed by atoms with van der Waals surface area (Å²) in [7, 11) is 1.95. The molecule has 1 saturated heterocycles. The van der Waals surface area contributed by atoms with Gasteiger partial charge < -0.3 is 10.1 Å². The van der Waals surface area contributed by atoms with Crippen molar-refractivity contribution in [2.45, 2.75) is 13.8 Å². The first-order valence-electron chi connectivity index (χ1n) is 4.91. The first-order chi connectivity index (χ1) is 6.59. The molecule has 1 aliphatic rings. The molecule has 0 saturated carbocycles. The topological polar surface area (TPSA) is 39.1 Å². The van der Waals surface area contributed by atoms with E-state index in [4.69, 9.17) is 4.74 Å². The van der Waals surface area contributed by atoms with Crippen LogP contribution in [0.3, 0.4) is 0 Å². The quantitative estimate of drug-likeness (QED) is 0.787. The van der Waals surface area contributed by atoms with Crippen molar-refractivity contribution in [1.29, 1.82) is 0 Å². The predicted molar refractivity (Wildman–Crippen MR) is 55.4 cm³/mol. The third kappa shape index (κ3) is 1.75. The van der Waals surface area contributed by atoms with Gasteiger partial charge in [-0.3, -0.25) is 4.68 Å². The van der Waals surface area contributed by atoms with Gasteiger partial charge in [0.05, 0.1) is 13.2 Å². The van der Waals surface area contributed by atoms with Gasteiger partial charge in [0.2, 0.25) is 0 Å². The van der Waals surface area contributed by atoms with Gasteiger partial charge in [0.25, 0.3) is 0 Å². The van der Waals surface area contributed by atoms with E-state index >= 15 is 0 Å². The fourth-order valence-corrected chi connectivity index (χ4v) is 1.50. The molecule has 0 amide bonds. The smallest absolute Gasteiger partial charge is 0.148 e. The summed E-state index contributed by atoms with van der Waals surface area (Å²) < 4.78 is 7.07. The van der Waals surface area contributed by atoms with Crippen LogP contribution >= 0.6 is 0 Å². The minimum atomic E-state index is 0.297. The van der Waals surface area contributed by atoms with Crippen molar-refractivity contribution in [2.75, 3.05) is 25.1 Å². The fraction of sp³-hybridized carbons (Fsp3) is 0.700. The molecule has 1 fully saturated rings. The number of hydrogen-bond donors (Lipinski definition) is 1. The Balaban J connectivity index is 1.91. The summed E-state index contributed by atoms with van der Waals surface area (Å²) in [5.74, 6) is 0.957. The number of hydrogen-bond acceptors (Lipinski definition) is 3. The summed E-state index contributed by atoms with van der Waals surface area (Å²) in [5.41, 5.74) is 1.47. The van der Waals surface area contributed by atoms with E-state index in [9.17, 15) is 0 Å². The molecule has 0 unspecified atom stereocenters. The van der Waals surface area contributed by atoms with Gasteiger partial charge in [-0.1, -0.05) is 6.92 Å². The van der Waals surface area contributed by atoms with Crippen LogP contribution in [0.1, 0.15) is 12.6 Å². The molecule has 2 rings (SSSR count). The SMILES string of the molecule is Cc1cc(NCC2(C)COC2)nn1C. The normalized spacial score (nSPS) is 19.1. The van der Waals surface area contributed by atoms with Crippen LogP contribution in [0.15, 0.2) is 6.07 Å². The second kappa shape index (κ2) is 3.28. The highest BCUT2D eigenvalue weighted by Crippen LogP contribution is 2.26. The summed E-state index contributed by atoms with van der Waals surface area (Å²) in [4.78, 5) is 0. The van der Waals surface area contributed by atoms with Crippen LogP contribution in [0.4, 0.5) is 5.82 Å². The zero-order valence-corrected chi connectivity index (χ0v) is 9.00. The molecule has 14 heavy (non-hydrogen) atoms. The van der Waals surface area contributed by atoms with Crippen LogP contribution in [0, 0.1) is 12.3 Å². The molecular formula is C10H17N3O. The maximum absolute atomic E-state index is 5.19. The summed E-state index contributed by atoms with van der Waals surface area (Å²) in [6.45, 7) is 6.91. The highest BCUT2D eigenvalue weighted by molar-refractivity contribution is 5.35. The molecule has 0 radical (unpaired) electrons. The Morgan fingerprint density at radius 1 is 1.64 bits per heavy atom. The number of rotatable bonds is 3. The van der Waals surface area contributed by atoms with E-state index in [2.05, 4.69) is 23.4 Å². The summed E-state index contributed by atoms with van der Waals surface area (Å²) >= 11 is 0. The van der Waals surface area contributed by atoms with Gasteiger partial charge in [-0.05, 0) is 6.92 Å². The largest absolute Gasteiger partial charge is 0.380 e. The van der Waals surface area contributed by atoms with E-state index in [1.54, 1.807) is 0 Å². The van der Waals surface area contributed by atoms with Crippen LogP contribution < -0.4 is 5.32 Å². The van der Waals surface area contributed by atoms with Crippen molar-refractivity contribution in [2.24, 2.45) is 12.5 Å². The first-order valence-corrected chi connectivity index (χ1v) is 4.91. The number of ether oxygens (including phenoxy) is 1. The fourth-order valence-electron chi connectivity index (χ4n) is 1.50. The van der Waals surface area contributed by atoms with Crippen LogP contribution in [0.25, 0.3) is 0 Å². The van der Waals surface area contributed by atoms with Gasteiger partial charge in [0.15, 0.2) is 0 Å². The average molecular weight is 195 g/mol. The zero-order chi connectivity index (χ0) is 10.2. The molecule has 0 aromatic carbocycles. The highest BCUT2D eigenvalue weighted by Gasteiger charge is 2.33. The van der Waals surface area contributed by atoms with Crippen molar-refractivity contribution in [1.82, 2.24) is 9.78 Å². The Morgan fingerprint density at radius 2 is 2.36 bits per heavy atom. The lowest BCUT2D eigenvalue weighted by Gasteiger charge is -2.38. The Kier molecular flexibility index (Phi) is 2.23. The standard InChI is InChI=1S/C10H17N3O/c1-8-4-9(12-13(8)3)11-5-10(2)6-14-7-10/h4H,5-7H2,1-3H3,(H,11,12). The molecule has 1 aliphatic heterocycles. The van der Waals surface area contributed by atoms with E-state index in [-0.39, 0.29) is 0 Å². The van der Waals surface area contributed by atoms with Gasteiger partial charge in [0.1, 0.15) is 5.82 Å². The number of nitrogens with zero attached hydrogens (tertiary/aromatic N) is 2. The molecule has 2 heterocycles. The third-order valence-corrected chi connectivity index (χ3v) is 2.71. The monoisotopic (exact) mass is 195 g/mol. The molecule has 0 bridgehead atoms. The van der Waals surface area contributed by atoms with E-state index in [0.717, 1.165) is 25.6 Å². The van der Waals surface area contributed by atoms with Crippen LogP contribution in [-0.4, -0.2) is 29.5 Å². The number of aryl methyl sites for hydroxylation is 2. The average Bonchev–Trinajstić information content (AvgIpc) is 2.40. The minimum Gasteiger partial charge on any atom is -0.380 e. The van der Waals surface area contributed by atoms with E-state index in [1.165, 1.54) is 5.69 Å². The Labute approximate surface area is 84.3 Å². The molecule has 4 nitrogen and oxygen atoms in total. The van der Waals surface area contributed by atoms with Gasteiger partial charge in [-0.15, -0.1) is 0 Å². The number of aromatic nitrogens is 2. The summed E-state index contributed by atoms with van der Waals surface area (Å²) in [6, 6.07) is 2.06. The van der Waals surface area contributed by atoms with Gasteiger partial charge >= 0.3 is 0 Å². The molecule has 0 atom stereocenters. The van der Waals surface area contributed by atoms with Gasteiger partial charge in [-0.2, -0.15) is 5.10 Å². The highest BCUT2D eigenvalue weighted by atomic mass is 16.5. The van der Waals surface area contributed by atoms with Gasteiger partial charge in [-0.25, -0.2) is 0 Å². The van der Waals surface area contributed by atoms with Crippen molar-refractivity contribution in [3.8, 4) is 0 Å². The second-order valence-electron chi connectivity index (χ2n) is 4.45. The van der Waals surface area contributed by atoms with Crippen LogP contribution in [0.2, 0.25) is 0 Å². The maximum atomic E-state index is 5.19.